The van der Waals surface area contributed by atoms with Gasteiger partial charge in [0, 0.05) is 87.9 Å². The van der Waals surface area contributed by atoms with Crippen LogP contribution in [-0.4, -0.2) is 276 Å². The number of carbonyl (C=O) groups is 12. The largest absolute Gasteiger partial charge is 0.393 e. The van der Waals surface area contributed by atoms with E-state index in [4.69, 9.17) is 16.3 Å². The third-order valence-corrected chi connectivity index (χ3v) is 23.7. The summed E-state index contributed by atoms with van der Waals surface area (Å²) in [4.78, 5) is 192. The predicted molar refractivity (Wildman–Crippen MR) is 383 cm³/mol. The third-order valence-electron chi connectivity index (χ3n) is 23.3. The van der Waals surface area contributed by atoms with E-state index < -0.39 is 191 Å². The summed E-state index contributed by atoms with van der Waals surface area (Å²) in [6.45, 7) is 15.4. The second-order valence-electron chi connectivity index (χ2n) is 31.7. The lowest BCUT2D eigenvalue weighted by molar-refractivity contribution is -0.182. The second kappa shape index (κ2) is 36.6. The quantitative estimate of drug-likeness (QED) is 0.141. The Kier molecular flexibility index (Phi) is 30.3. The van der Waals surface area contributed by atoms with Crippen LogP contribution in [0.1, 0.15) is 184 Å². The van der Waals surface area contributed by atoms with Crippen LogP contribution in [0.3, 0.4) is 0 Å². The molecule has 1 spiro atoms. The fourth-order valence-corrected chi connectivity index (χ4v) is 17.1. The van der Waals surface area contributed by atoms with Gasteiger partial charge in [-0.05, 0) is 113 Å². The molecule has 0 aromatic carbocycles. The number of nitrogens with one attached hydrogen (secondary N) is 3. The second-order valence-corrected chi connectivity index (χ2v) is 32.2. The summed E-state index contributed by atoms with van der Waals surface area (Å²) >= 11 is 6.46. The lowest BCUT2D eigenvalue weighted by Crippen LogP contribution is -2.71. The summed E-state index contributed by atoms with van der Waals surface area (Å²) < 4.78 is 48.5. The normalized spacial score (nSPS) is 31.6. The Balaban J connectivity index is 1.47. The Morgan fingerprint density at radius 2 is 1.31 bits per heavy atom. The molecule has 3 heterocycles. The number of alkyl halides is 4. The molecule has 582 valence electrons. The van der Waals surface area contributed by atoms with Crippen molar-refractivity contribution in [2.24, 2.45) is 40.9 Å². The average molecular weight is 1480 g/mol. The molecule has 3 saturated carbocycles. The number of likely N-dealkylation sites (N-methyl/N-ethyl adjacent to an activating group) is 7. The Labute approximate surface area is 613 Å². The predicted octanol–water partition coefficient (Wildman–Crippen LogP) is 5.99. The maximum Gasteiger partial charge on any atom is 0.393 e. The molecule has 29 heteroatoms. The Hall–Kier alpha value is -6.58. The molecule has 0 aromatic rings. The maximum atomic E-state index is 15.7. The number of nitrogens with zero attached hydrogens (tertiary/aromatic N) is 9. The molecular formula is C74H120ClF3N12O13. The smallest absolute Gasteiger partial charge is 0.377 e. The van der Waals surface area contributed by atoms with E-state index in [2.05, 4.69) is 22.9 Å². The average Bonchev–Trinajstić information content (AvgIpc) is 1.25. The fraction of sp³-hybridized carbons (Fsp3) is 0.811. The third kappa shape index (κ3) is 20.9. The molecule has 6 aliphatic rings. The van der Waals surface area contributed by atoms with Gasteiger partial charge in [0.15, 0.2) is 0 Å². The van der Waals surface area contributed by atoms with E-state index >= 15 is 28.8 Å². The number of amides is 12. The monoisotopic (exact) mass is 1480 g/mol. The first kappa shape index (κ1) is 85.3. The molecule has 103 heavy (non-hydrogen) atoms. The summed E-state index contributed by atoms with van der Waals surface area (Å²) in [7, 11) is 11.3. The zero-order chi connectivity index (χ0) is 77.1. The molecule has 12 amide bonds. The van der Waals surface area contributed by atoms with Crippen LogP contribution in [-0.2, 0) is 62.3 Å². The van der Waals surface area contributed by atoms with Gasteiger partial charge in [-0.2, -0.15) is 13.2 Å². The van der Waals surface area contributed by atoms with E-state index in [1.807, 2.05) is 40.7 Å². The van der Waals surface area contributed by atoms with E-state index in [1.165, 1.54) is 92.7 Å². The topological polar surface area (TPSA) is 279 Å². The van der Waals surface area contributed by atoms with Gasteiger partial charge in [0.2, 0.25) is 70.9 Å². The van der Waals surface area contributed by atoms with Gasteiger partial charge in [-0.1, -0.05) is 106 Å². The van der Waals surface area contributed by atoms with E-state index in [-0.39, 0.29) is 89.8 Å². The van der Waals surface area contributed by atoms with E-state index in [1.54, 1.807) is 19.9 Å². The number of carbonyl (C=O) groups excluding carboxylic acids is 12. The van der Waals surface area contributed by atoms with Crippen molar-refractivity contribution in [3.05, 3.63) is 12.2 Å². The maximum absolute atomic E-state index is 15.7. The van der Waals surface area contributed by atoms with Crippen LogP contribution in [0.25, 0.3) is 0 Å². The highest BCUT2D eigenvalue weighted by Crippen LogP contribution is 2.50. The number of fused-ring (bicyclic) bond motifs is 3. The Bertz CT molecular complexity index is 3070. The molecule has 3 aliphatic heterocycles. The van der Waals surface area contributed by atoms with Gasteiger partial charge >= 0.3 is 6.18 Å². The summed E-state index contributed by atoms with van der Waals surface area (Å²) in [6.07, 6.45) is 2.81. The van der Waals surface area contributed by atoms with Crippen molar-refractivity contribution in [2.45, 2.75) is 256 Å². The van der Waals surface area contributed by atoms with Crippen molar-refractivity contribution in [3.8, 4) is 0 Å². The SMILES string of the molecule is CCO[C@@H]1C[C@H]2C(=O)NC3(CC(C)(C)C3)C(=O)N(C)[C@@H](C(CC)CC)C(=O)N(C)[C@H](C(=O)N(C)C)CC(=O)N(C)[C@@H](C)C(=O)N[C@@H]([C@@H](C)CC)C(=O)N(C)CC(=O)N(C)[C@H]3C/C=C\CCN(C3=O)[C@@H](CC3CCC(C)CC3)C(=O)N(C)CC(=O)N[C@@H](CCC3CCC(C(F)(F)F)C(Cl)C3)C(=O)N2C1. The molecule has 3 aliphatic carbocycles. The van der Waals surface area contributed by atoms with Crippen LogP contribution < -0.4 is 16.0 Å². The fourth-order valence-electron chi connectivity index (χ4n) is 16.5. The van der Waals surface area contributed by atoms with Gasteiger partial charge in [0.05, 0.1) is 31.5 Å². The number of hydrogen-bond donors (Lipinski definition) is 3. The highest BCUT2D eigenvalue weighted by Gasteiger charge is 2.59. The van der Waals surface area contributed by atoms with Crippen molar-refractivity contribution in [1.82, 2.24) is 60.0 Å². The standard InChI is InChI=1S/C74H120ClF3N12O13/c1-18-45(6)61-69(100)84(13)41-60(93)86(15)54-25-23-22-24-34-89(68(54)99)57(36-48-28-26-44(5)27-29-48)67(98)83(12)40-58(91)79-53(33-31-47-30-32-51(52(75)35-47)74(76,77)78)65(96)90-39-50(103-21-4)37-55(90)64(95)81-73(42-72(8,9)43-73)71(102)88(17)62(49(19-2)20-3)70(101)87(16)56(66(97)82(10)11)38-59(92)85(14)46(7)63(94)80-61/h22-23,44-57,61-62H,18-21,24-43H2,1-17H3,(H,79,91)(H,80,94)(H,81,95)/b23-22-/t44?,45-,46-,47?,48?,50+,51?,52?,53-,54-,55-,56-,57-,61-,62-/m0/s1. The zero-order valence-corrected chi connectivity index (χ0v) is 65.0. The van der Waals surface area contributed by atoms with Crippen LogP contribution in [0.4, 0.5) is 13.2 Å². The molecule has 6 rings (SSSR count). The number of rotatable bonds is 13. The van der Waals surface area contributed by atoms with Crippen molar-refractivity contribution in [3.63, 3.8) is 0 Å². The number of halogens is 4. The first-order valence-electron chi connectivity index (χ1n) is 37.4. The lowest BCUT2D eigenvalue weighted by Gasteiger charge is -2.54. The molecule has 3 N–H and O–H groups in total. The van der Waals surface area contributed by atoms with Crippen LogP contribution in [0.5, 0.6) is 0 Å². The van der Waals surface area contributed by atoms with Gasteiger partial charge in [-0.25, -0.2) is 0 Å². The first-order chi connectivity index (χ1) is 48.2. The Morgan fingerprint density at radius 1 is 0.689 bits per heavy atom. The first-order valence-corrected chi connectivity index (χ1v) is 37.9. The Morgan fingerprint density at radius 3 is 1.88 bits per heavy atom. The molecule has 0 radical (unpaired) electrons. The molecule has 25 nitrogen and oxygen atoms in total. The molecule has 5 fully saturated rings. The summed E-state index contributed by atoms with van der Waals surface area (Å²) in [6, 6.07) is -10.3. The van der Waals surface area contributed by atoms with E-state index in [0.717, 1.165) is 40.4 Å². The van der Waals surface area contributed by atoms with Gasteiger partial charge < -0.3 is 64.8 Å². The number of hydrogen-bond acceptors (Lipinski definition) is 13. The minimum atomic E-state index is -4.53. The van der Waals surface area contributed by atoms with Gasteiger partial charge in [-0.15, -0.1) is 11.6 Å². The van der Waals surface area contributed by atoms with Crippen molar-refractivity contribution >= 4 is 82.5 Å². The summed E-state index contributed by atoms with van der Waals surface area (Å²) in [5.74, 6) is -10.9. The minimum absolute atomic E-state index is 0.00685. The molecular weight excluding hydrogens is 1360 g/mol. The van der Waals surface area contributed by atoms with Gasteiger partial charge in [0.25, 0.3) is 0 Å². The highest BCUT2D eigenvalue weighted by molar-refractivity contribution is 6.21. The minimum Gasteiger partial charge on any atom is -0.377 e. The molecule has 2 bridgehead atoms. The van der Waals surface area contributed by atoms with Gasteiger partial charge in [-0.3, -0.25) is 57.5 Å². The summed E-state index contributed by atoms with van der Waals surface area (Å²) in [5, 5.41) is 7.48. The van der Waals surface area contributed by atoms with E-state index in [0.29, 0.717) is 31.6 Å². The van der Waals surface area contributed by atoms with Crippen molar-refractivity contribution < 1.29 is 75.4 Å². The molecule has 0 aromatic heterocycles. The van der Waals surface area contributed by atoms with Crippen LogP contribution in [0, 0.1) is 40.9 Å². The van der Waals surface area contributed by atoms with Gasteiger partial charge in [0.1, 0.15) is 53.9 Å². The van der Waals surface area contributed by atoms with Crippen molar-refractivity contribution in [2.75, 3.05) is 89.2 Å². The van der Waals surface area contributed by atoms with Crippen LogP contribution in [0.15, 0.2) is 12.2 Å². The molecule has 3 unspecified atom stereocenters. The molecule has 2 saturated heterocycles. The lowest BCUT2D eigenvalue weighted by atomic mass is 9.58. The highest BCUT2D eigenvalue weighted by atomic mass is 35.5. The van der Waals surface area contributed by atoms with Crippen LogP contribution in [0.2, 0.25) is 0 Å². The van der Waals surface area contributed by atoms with Crippen molar-refractivity contribution in [1.29, 1.82) is 0 Å². The van der Waals surface area contributed by atoms with Crippen LogP contribution >= 0.6 is 11.6 Å². The molecule has 13 atom stereocenters. The van der Waals surface area contributed by atoms with E-state index in [9.17, 15) is 41.9 Å². The zero-order valence-electron chi connectivity index (χ0n) is 64.2. The number of ether oxygens (including phenoxy) is 1. The summed E-state index contributed by atoms with van der Waals surface area (Å²) in [5.41, 5.74) is -2.20.